The van der Waals surface area contributed by atoms with Gasteiger partial charge in [-0.2, -0.15) is 0 Å². The van der Waals surface area contributed by atoms with Gasteiger partial charge in [-0.15, -0.1) is 0 Å². The average molecular weight is 367 g/mol. The van der Waals surface area contributed by atoms with E-state index >= 15 is 0 Å². The number of hydrogen-bond acceptors (Lipinski definition) is 10. The predicted molar refractivity (Wildman–Crippen MR) is 81.9 cm³/mol. The van der Waals surface area contributed by atoms with Crippen molar-refractivity contribution in [2.75, 3.05) is 49.3 Å². The molecule has 0 aromatic rings. The number of nitrogens with zero attached hydrogens (tertiary/aromatic N) is 3. The van der Waals surface area contributed by atoms with Crippen LogP contribution < -0.4 is 0 Å². The fourth-order valence-corrected chi connectivity index (χ4v) is 11.7. The van der Waals surface area contributed by atoms with Crippen LogP contribution in [0.4, 0.5) is 0 Å². The first-order valence-electron chi connectivity index (χ1n) is 6.01. The van der Waals surface area contributed by atoms with Gasteiger partial charge in [0.05, 0.1) is 0 Å². The van der Waals surface area contributed by atoms with E-state index in [1.165, 1.54) is 51.9 Å². The fourth-order valence-electron chi connectivity index (χ4n) is 1.77. The van der Waals surface area contributed by atoms with Gasteiger partial charge >= 0.3 is 126 Å². The molecule has 0 N–H and O–H groups in total. The summed E-state index contributed by atoms with van der Waals surface area (Å²) in [5.41, 5.74) is 0. The zero-order valence-electron chi connectivity index (χ0n) is 13.3. The van der Waals surface area contributed by atoms with E-state index in [1.807, 2.05) is 6.92 Å². The SMILES string of the molecule is CCON1P(OC)(OC)=NP(OC)N(OC)[PH]1(OC)OC. The van der Waals surface area contributed by atoms with Crippen molar-refractivity contribution in [3.8, 4) is 0 Å². The first-order valence-corrected chi connectivity index (χ1v) is 10.4. The summed E-state index contributed by atoms with van der Waals surface area (Å²) in [6, 6.07) is 0. The molecule has 1 heterocycles. The summed E-state index contributed by atoms with van der Waals surface area (Å²) < 4.78 is 35.1. The van der Waals surface area contributed by atoms with E-state index in [4.69, 9.17) is 32.3 Å². The maximum absolute atomic E-state index is 5.69. The summed E-state index contributed by atoms with van der Waals surface area (Å²) in [7, 11) is 1.17. The number of hydrogen-bond donors (Lipinski definition) is 0. The van der Waals surface area contributed by atoms with Crippen molar-refractivity contribution in [1.29, 1.82) is 0 Å². The monoisotopic (exact) mass is 367 g/mol. The Bertz CT molecular complexity index is 376. The van der Waals surface area contributed by atoms with Gasteiger partial charge in [-0.25, -0.2) is 0 Å². The molecule has 1 aliphatic heterocycles. The van der Waals surface area contributed by atoms with E-state index < -0.39 is 24.1 Å². The van der Waals surface area contributed by atoms with Crippen molar-refractivity contribution in [2.45, 2.75) is 6.92 Å². The van der Waals surface area contributed by atoms with Gasteiger partial charge in [0.2, 0.25) is 0 Å². The van der Waals surface area contributed by atoms with Crippen LogP contribution in [0.15, 0.2) is 4.52 Å². The molecule has 1 rings (SSSR count). The normalized spacial score (nSPS) is 27.3. The molecule has 0 saturated heterocycles. The van der Waals surface area contributed by atoms with E-state index in [0.717, 1.165) is 0 Å². The first kappa shape index (κ1) is 19.8. The Hall–Kier alpha value is 0.730. The molecule has 0 amide bonds. The summed E-state index contributed by atoms with van der Waals surface area (Å²) in [5, 5.41) is 0. The molecule has 0 aromatic heterocycles. The van der Waals surface area contributed by atoms with E-state index in [-0.39, 0.29) is 0 Å². The Morgan fingerprint density at radius 3 is 1.95 bits per heavy atom. The second kappa shape index (κ2) is 8.55. The molecule has 21 heavy (non-hydrogen) atoms. The summed E-state index contributed by atoms with van der Waals surface area (Å²) in [5.74, 6) is 0. The maximum atomic E-state index is 5.69. The molecule has 1 atom stereocenters. The van der Waals surface area contributed by atoms with Crippen LogP contribution in [0.1, 0.15) is 6.92 Å². The summed E-state index contributed by atoms with van der Waals surface area (Å²) >= 11 is 0. The Morgan fingerprint density at radius 1 is 1.05 bits per heavy atom. The van der Waals surface area contributed by atoms with Crippen LogP contribution in [0.25, 0.3) is 0 Å². The van der Waals surface area contributed by atoms with Crippen LogP contribution in [-0.4, -0.2) is 58.5 Å². The molecular formula is C8H24N3O7P3. The van der Waals surface area contributed by atoms with Gasteiger partial charge < -0.3 is 0 Å². The third-order valence-electron chi connectivity index (χ3n) is 2.65. The average Bonchev–Trinajstić information content (AvgIpc) is 2.54. The molecule has 1 unspecified atom stereocenters. The standard InChI is InChI=1S/C8H24N3O7P3/c1-8-18-11-20(14-4,15-5)9-19(13-3)10(12-2)21(11,16-6)17-7/h21H,8H2,1-7H3. The van der Waals surface area contributed by atoms with E-state index in [9.17, 15) is 0 Å². The van der Waals surface area contributed by atoms with E-state index in [1.54, 1.807) is 0 Å². The van der Waals surface area contributed by atoms with Gasteiger partial charge in [0, 0.05) is 0 Å². The third kappa shape index (κ3) is 3.33. The molecule has 10 nitrogen and oxygen atoms in total. The molecular weight excluding hydrogens is 343 g/mol. The minimum atomic E-state index is -3.34. The molecule has 13 heteroatoms. The van der Waals surface area contributed by atoms with Crippen molar-refractivity contribution in [2.24, 2.45) is 4.52 Å². The third-order valence-corrected chi connectivity index (χ3v) is 11.6. The van der Waals surface area contributed by atoms with Gasteiger partial charge in [0.25, 0.3) is 0 Å². The molecule has 0 bridgehead atoms. The zero-order chi connectivity index (χ0) is 16.1. The van der Waals surface area contributed by atoms with Crippen molar-refractivity contribution in [3.63, 3.8) is 0 Å². The first-order chi connectivity index (χ1) is 10.0. The van der Waals surface area contributed by atoms with Crippen LogP contribution in [0.5, 0.6) is 0 Å². The van der Waals surface area contributed by atoms with E-state index in [0.29, 0.717) is 6.61 Å². The molecule has 0 aliphatic carbocycles. The molecule has 0 spiro atoms. The van der Waals surface area contributed by atoms with Crippen LogP contribution in [0.2, 0.25) is 0 Å². The van der Waals surface area contributed by atoms with Crippen LogP contribution in [0, 0.1) is 0 Å². The summed E-state index contributed by atoms with van der Waals surface area (Å²) in [4.78, 5) is 11.1. The van der Waals surface area contributed by atoms with Crippen LogP contribution in [0.3, 0.4) is 0 Å². The molecule has 0 radical (unpaired) electrons. The van der Waals surface area contributed by atoms with Gasteiger partial charge in [-0.3, -0.25) is 0 Å². The second-order valence-electron chi connectivity index (χ2n) is 3.48. The Morgan fingerprint density at radius 2 is 1.62 bits per heavy atom. The summed E-state index contributed by atoms with van der Waals surface area (Å²) in [6.07, 6.45) is 0. The molecule has 128 valence electrons. The zero-order valence-corrected chi connectivity index (χ0v) is 16.1. The molecule has 0 aromatic carbocycles. The van der Waals surface area contributed by atoms with E-state index in [2.05, 4.69) is 4.52 Å². The molecule has 0 fully saturated rings. The predicted octanol–water partition coefficient (Wildman–Crippen LogP) is 2.93. The summed E-state index contributed by atoms with van der Waals surface area (Å²) in [6.45, 7) is 2.18. The minimum absolute atomic E-state index is 0.355. The quantitative estimate of drug-likeness (QED) is 0.601. The fraction of sp³-hybridized carbons (Fsp3) is 1.00. The molecule has 1 aliphatic rings. The van der Waals surface area contributed by atoms with Gasteiger partial charge in [-0.05, 0) is 0 Å². The van der Waals surface area contributed by atoms with Gasteiger partial charge in [0.1, 0.15) is 0 Å². The van der Waals surface area contributed by atoms with Crippen molar-refractivity contribution >= 4 is 24.1 Å². The van der Waals surface area contributed by atoms with Gasteiger partial charge in [-0.1, -0.05) is 0 Å². The topological polar surface area (TPSA) is 83.5 Å². The molecule has 0 saturated carbocycles. The van der Waals surface area contributed by atoms with Crippen molar-refractivity contribution in [1.82, 2.24) is 9.21 Å². The number of rotatable bonds is 8. The van der Waals surface area contributed by atoms with Crippen molar-refractivity contribution < 1.29 is 32.3 Å². The Kier molecular flexibility index (Phi) is 8.05. The van der Waals surface area contributed by atoms with Crippen LogP contribution in [-0.2, 0) is 32.3 Å². The Balaban J connectivity index is 3.53. The van der Waals surface area contributed by atoms with Crippen LogP contribution >= 0.6 is 24.1 Å². The Labute approximate surface area is 127 Å². The van der Waals surface area contributed by atoms with Gasteiger partial charge in [0.15, 0.2) is 0 Å². The van der Waals surface area contributed by atoms with Crippen molar-refractivity contribution in [3.05, 3.63) is 0 Å². The second-order valence-corrected chi connectivity index (χ2v) is 11.0.